The molecule has 2 fully saturated rings. The van der Waals surface area contributed by atoms with E-state index in [1.165, 1.54) is 11.3 Å². The minimum atomic E-state index is -0.0447. The predicted octanol–water partition coefficient (Wildman–Crippen LogP) is 0.213. The van der Waals surface area contributed by atoms with Gasteiger partial charge in [0.05, 0.1) is 25.3 Å². The van der Waals surface area contributed by atoms with Crippen molar-refractivity contribution in [2.24, 2.45) is 7.05 Å². The van der Waals surface area contributed by atoms with Crippen LogP contribution in [0.1, 0.15) is 5.82 Å². The fourth-order valence-electron chi connectivity index (χ4n) is 4.01. The van der Waals surface area contributed by atoms with Crippen LogP contribution in [0.4, 0.5) is 4.79 Å². The smallest absolute Gasteiger partial charge is 0.320 e. The van der Waals surface area contributed by atoms with Gasteiger partial charge in [0.15, 0.2) is 5.82 Å². The summed E-state index contributed by atoms with van der Waals surface area (Å²) < 4.78 is 9.56. The summed E-state index contributed by atoms with van der Waals surface area (Å²) in [6.45, 7) is 6.15. The van der Waals surface area contributed by atoms with Crippen molar-refractivity contribution >= 4 is 33.4 Å². The van der Waals surface area contributed by atoms with E-state index in [1.54, 1.807) is 11.6 Å². The maximum absolute atomic E-state index is 12.7. The molecule has 5 heterocycles. The van der Waals surface area contributed by atoms with Gasteiger partial charge in [0, 0.05) is 46.3 Å². The van der Waals surface area contributed by atoms with Crippen LogP contribution in [0.15, 0.2) is 16.2 Å². The molecule has 11 heteroatoms. The number of carbonyl (C=O) groups excluding carboxylic acids is 1. The van der Waals surface area contributed by atoms with Gasteiger partial charge < -0.3 is 14.5 Å². The van der Waals surface area contributed by atoms with E-state index in [9.17, 15) is 9.59 Å². The number of ether oxygens (including phenoxy) is 1. The molecule has 0 atom stereocenters. The monoisotopic (exact) mass is 417 g/mol. The van der Waals surface area contributed by atoms with E-state index < -0.39 is 0 Å². The highest BCUT2D eigenvalue weighted by atomic mass is 32.1. The Balaban J connectivity index is 1.31. The van der Waals surface area contributed by atoms with Gasteiger partial charge in [-0.15, -0.1) is 21.5 Å². The molecule has 3 aromatic rings. The minimum absolute atomic E-state index is 0.0447. The number of fused-ring (bicyclic) bond motifs is 3. The number of hydrogen-bond acceptors (Lipinski definition) is 7. The first-order chi connectivity index (χ1) is 14.1. The molecule has 2 saturated heterocycles. The van der Waals surface area contributed by atoms with E-state index in [0.29, 0.717) is 56.4 Å². The van der Waals surface area contributed by atoms with Gasteiger partial charge >= 0.3 is 6.03 Å². The van der Waals surface area contributed by atoms with E-state index in [0.717, 1.165) is 24.4 Å². The van der Waals surface area contributed by atoms with Crippen LogP contribution < -0.4 is 5.56 Å². The lowest BCUT2D eigenvalue weighted by molar-refractivity contribution is 0.0371. The first-order valence-electron chi connectivity index (χ1n) is 9.77. The lowest BCUT2D eigenvalue weighted by atomic mass is 10.3. The maximum Gasteiger partial charge on any atom is 0.320 e. The SMILES string of the molecule is Cn1c(=O)c2sccc2n2c(CN3CCN(C(=O)N4CCOCC4)CC3)nnc12. The molecule has 5 rings (SSSR count). The number of urea groups is 1. The van der Waals surface area contributed by atoms with Gasteiger partial charge in [-0.2, -0.15) is 0 Å². The van der Waals surface area contributed by atoms with Crippen LogP contribution in [0.5, 0.6) is 0 Å². The predicted molar refractivity (Wildman–Crippen MR) is 108 cm³/mol. The highest BCUT2D eigenvalue weighted by molar-refractivity contribution is 7.17. The summed E-state index contributed by atoms with van der Waals surface area (Å²) in [5, 5.41) is 10.5. The van der Waals surface area contributed by atoms with Crippen LogP contribution in [0.25, 0.3) is 16.0 Å². The van der Waals surface area contributed by atoms with Crippen molar-refractivity contribution in [2.75, 3.05) is 52.5 Å². The molecule has 10 nitrogen and oxygen atoms in total. The van der Waals surface area contributed by atoms with Crippen molar-refractivity contribution < 1.29 is 9.53 Å². The summed E-state index contributed by atoms with van der Waals surface area (Å²) in [5.74, 6) is 1.36. The molecule has 154 valence electrons. The molecule has 0 bridgehead atoms. The molecule has 2 amide bonds. The highest BCUT2D eigenvalue weighted by Gasteiger charge is 2.27. The van der Waals surface area contributed by atoms with Crippen molar-refractivity contribution in [3.63, 3.8) is 0 Å². The van der Waals surface area contributed by atoms with Gasteiger partial charge in [0.25, 0.3) is 5.56 Å². The molecule has 2 aliphatic heterocycles. The summed E-state index contributed by atoms with van der Waals surface area (Å²) >= 11 is 1.44. The lowest BCUT2D eigenvalue weighted by Crippen LogP contribution is -2.54. The largest absolute Gasteiger partial charge is 0.378 e. The Morgan fingerprint density at radius 2 is 1.83 bits per heavy atom. The van der Waals surface area contributed by atoms with Gasteiger partial charge in [-0.05, 0) is 11.4 Å². The van der Waals surface area contributed by atoms with Crippen molar-refractivity contribution in [3.8, 4) is 0 Å². The number of morpholine rings is 1. The number of thiophene rings is 1. The molecular formula is C18H23N7O3S. The third kappa shape index (κ3) is 3.18. The molecule has 2 aliphatic rings. The zero-order valence-corrected chi connectivity index (χ0v) is 17.1. The van der Waals surface area contributed by atoms with Crippen molar-refractivity contribution in [3.05, 3.63) is 27.6 Å². The fraction of sp³-hybridized carbons (Fsp3) is 0.556. The Bertz CT molecular complexity index is 1110. The van der Waals surface area contributed by atoms with Crippen LogP contribution >= 0.6 is 11.3 Å². The topological polar surface area (TPSA) is 88.2 Å². The molecular weight excluding hydrogens is 394 g/mol. The Morgan fingerprint density at radius 1 is 1.10 bits per heavy atom. The van der Waals surface area contributed by atoms with Gasteiger partial charge in [-0.3, -0.25) is 18.7 Å². The molecule has 0 unspecified atom stereocenters. The number of rotatable bonds is 2. The van der Waals surface area contributed by atoms with Crippen LogP contribution in [0.2, 0.25) is 0 Å². The normalized spacial score (nSPS) is 18.8. The number of hydrogen-bond donors (Lipinski definition) is 0. The molecule has 29 heavy (non-hydrogen) atoms. The lowest BCUT2D eigenvalue weighted by Gasteiger charge is -2.38. The summed E-state index contributed by atoms with van der Waals surface area (Å²) in [4.78, 5) is 31.2. The van der Waals surface area contributed by atoms with E-state index in [4.69, 9.17) is 4.74 Å². The number of nitrogens with zero attached hydrogens (tertiary/aromatic N) is 7. The zero-order valence-electron chi connectivity index (χ0n) is 16.3. The second kappa shape index (κ2) is 7.39. The fourth-order valence-corrected chi connectivity index (χ4v) is 4.86. The van der Waals surface area contributed by atoms with Gasteiger partial charge in [0.1, 0.15) is 4.70 Å². The first kappa shape index (κ1) is 18.5. The molecule has 3 aromatic heterocycles. The van der Waals surface area contributed by atoms with Crippen LogP contribution in [-0.2, 0) is 18.3 Å². The Hall–Kier alpha value is -2.50. The van der Waals surface area contributed by atoms with E-state index in [1.807, 2.05) is 25.6 Å². The molecule has 0 N–H and O–H groups in total. The average Bonchev–Trinajstić information content (AvgIpc) is 3.40. The van der Waals surface area contributed by atoms with E-state index in [-0.39, 0.29) is 11.6 Å². The van der Waals surface area contributed by atoms with Crippen LogP contribution in [0.3, 0.4) is 0 Å². The number of piperazine rings is 1. The van der Waals surface area contributed by atoms with E-state index >= 15 is 0 Å². The maximum atomic E-state index is 12.7. The molecule has 0 radical (unpaired) electrons. The summed E-state index contributed by atoms with van der Waals surface area (Å²) in [5.41, 5.74) is 0.811. The Morgan fingerprint density at radius 3 is 2.59 bits per heavy atom. The quantitative estimate of drug-likeness (QED) is 0.593. The number of carbonyl (C=O) groups is 1. The molecule has 0 spiro atoms. The van der Waals surface area contributed by atoms with Gasteiger partial charge in [0.2, 0.25) is 5.78 Å². The third-order valence-corrected chi connectivity index (χ3v) is 6.58. The third-order valence-electron chi connectivity index (χ3n) is 5.69. The van der Waals surface area contributed by atoms with Gasteiger partial charge in [-0.1, -0.05) is 0 Å². The number of amides is 2. The second-order valence-corrected chi connectivity index (χ2v) is 8.31. The first-order valence-corrected chi connectivity index (χ1v) is 10.7. The summed E-state index contributed by atoms with van der Waals surface area (Å²) in [6, 6.07) is 2.05. The van der Waals surface area contributed by atoms with Crippen molar-refractivity contribution in [1.82, 2.24) is 33.9 Å². The summed E-state index contributed by atoms with van der Waals surface area (Å²) in [6.07, 6.45) is 0. The van der Waals surface area contributed by atoms with Gasteiger partial charge in [-0.25, -0.2) is 4.79 Å². The highest BCUT2D eigenvalue weighted by Crippen LogP contribution is 2.20. The standard InChI is InChI=1S/C18H23N7O3S/c1-21-16(26)15-13(2-11-29-15)25-14(19-20-17(21)25)12-22-3-5-23(6-4-22)18(27)24-7-9-28-10-8-24/h2,11H,3-10,12H2,1H3. The average molecular weight is 417 g/mol. The van der Waals surface area contributed by atoms with Crippen LogP contribution in [-0.4, -0.2) is 92.4 Å². The number of aromatic nitrogens is 4. The number of aryl methyl sites for hydroxylation is 1. The van der Waals surface area contributed by atoms with Crippen LogP contribution in [0, 0.1) is 0 Å². The summed E-state index contributed by atoms with van der Waals surface area (Å²) in [7, 11) is 1.73. The molecule has 0 aromatic carbocycles. The minimum Gasteiger partial charge on any atom is -0.378 e. The van der Waals surface area contributed by atoms with Crippen molar-refractivity contribution in [1.29, 1.82) is 0 Å². The Labute approximate surface area is 170 Å². The van der Waals surface area contributed by atoms with Crippen molar-refractivity contribution in [2.45, 2.75) is 6.54 Å². The molecule has 0 saturated carbocycles. The second-order valence-electron chi connectivity index (χ2n) is 7.40. The Kier molecular flexibility index (Phi) is 4.72. The van der Waals surface area contributed by atoms with E-state index in [2.05, 4.69) is 15.1 Å². The zero-order chi connectivity index (χ0) is 20.0. The molecule has 0 aliphatic carbocycles.